The first-order valence-corrected chi connectivity index (χ1v) is 12.0. The van der Waals surface area contributed by atoms with E-state index in [-0.39, 0.29) is 16.2 Å². The Hall–Kier alpha value is -2.84. The Labute approximate surface area is 180 Å². The van der Waals surface area contributed by atoms with Crippen molar-refractivity contribution < 1.29 is 17.9 Å². The SMILES string of the molecule is COc1ccc2c(c1)CCCC2NC(=O)c1ccc(NS(=O)(=O)c2cccs2)cc1. The number of carbonyl (C=O) groups excluding carboxylic acids is 1. The molecule has 1 heterocycles. The average Bonchev–Trinajstić information content (AvgIpc) is 3.30. The van der Waals surface area contributed by atoms with Crippen molar-refractivity contribution in [2.45, 2.75) is 29.5 Å². The molecule has 8 heteroatoms. The van der Waals surface area contributed by atoms with E-state index >= 15 is 0 Å². The van der Waals surface area contributed by atoms with Crippen LogP contribution in [0.2, 0.25) is 0 Å². The summed E-state index contributed by atoms with van der Waals surface area (Å²) in [5, 5.41) is 4.81. The molecule has 0 aliphatic heterocycles. The number of nitrogens with one attached hydrogen (secondary N) is 2. The predicted molar refractivity (Wildman–Crippen MR) is 118 cm³/mol. The van der Waals surface area contributed by atoms with Crippen LogP contribution in [0.4, 0.5) is 5.69 Å². The molecule has 0 saturated heterocycles. The molecule has 1 aromatic heterocycles. The zero-order valence-electron chi connectivity index (χ0n) is 16.4. The maximum Gasteiger partial charge on any atom is 0.271 e. The van der Waals surface area contributed by atoms with Crippen molar-refractivity contribution in [2.24, 2.45) is 0 Å². The first-order valence-electron chi connectivity index (χ1n) is 9.60. The highest BCUT2D eigenvalue weighted by Crippen LogP contribution is 2.32. The van der Waals surface area contributed by atoms with Gasteiger partial charge in [0.25, 0.3) is 15.9 Å². The number of fused-ring (bicyclic) bond motifs is 1. The third-order valence-electron chi connectivity index (χ3n) is 5.13. The third kappa shape index (κ3) is 4.34. The van der Waals surface area contributed by atoms with Crippen LogP contribution in [0.15, 0.2) is 64.2 Å². The number of hydrogen-bond donors (Lipinski definition) is 2. The minimum Gasteiger partial charge on any atom is -0.497 e. The second-order valence-corrected chi connectivity index (χ2v) is 9.95. The quantitative estimate of drug-likeness (QED) is 0.594. The van der Waals surface area contributed by atoms with Gasteiger partial charge in [-0.25, -0.2) is 8.42 Å². The van der Waals surface area contributed by atoms with Gasteiger partial charge in [-0.3, -0.25) is 9.52 Å². The van der Waals surface area contributed by atoms with Crippen molar-refractivity contribution in [1.29, 1.82) is 0 Å². The van der Waals surface area contributed by atoms with Gasteiger partial charge >= 0.3 is 0 Å². The number of benzene rings is 2. The van der Waals surface area contributed by atoms with Gasteiger partial charge in [-0.15, -0.1) is 11.3 Å². The van der Waals surface area contributed by atoms with Crippen molar-refractivity contribution in [1.82, 2.24) is 5.32 Å². The number of methoxy groups -OCH3 is 1. The van der Waals surface area contributed by atoms with Crippen LogP contribution in [-0.4, -0.2) is 21.4 Å². The van der Waals surface area contributed by atoms with Crippen LogP contribution in [0, 0.1) is 0 Å². The fourth-order valence-corrected chi connectivity index (χ4v) is 5.67. The molecule has 1 aliphatic rings. The summed E-state index contributed by atoms with van der Waals surface area (Å²) in [7, 11) is -1.96. The van der Waals surface area contributed by atoms with Crippen LogP contribution in [-0.2, 0) is 16.4 Å². The standard InChI is InChI=1S/C22H22N2O4S2/c1-28-18-11-12-19-16(14-18)4-2-5-20(19)23-22(25)15-7-9-17(10-8-15)24-30(26,27)21-6-3-13-29-21/h3,6-14,20,24H,2,4-5H2,1H3,(H,23,25). The first kappa shape index (κ1) is 20.4. The molecule has 2 N–H and O–H groups in total. The van der Waals surface area contributed by atoms with Gasteiger partial charge in [0.15, 0.2) is 0 Å². The van der Waals surface area contributed by atoms with E-state index in [0.717, 1.165) is 41.9 Å². The molecule has 156 valence electrons. The lowest BCUT2D eigenvalue weighted by atomic mass is 9.87. The van der Waals surface area contributed by atoms with Crippen LogP contribution < -0.4 is 14.8 Å². The third-order valence-corrected chi connectivity index (χ3v) is 7.91. The molecule has 4 rings (SSSR count). The van der Waals surface area contributed by atoms with Crippen molar-refractivity contribution in [3.8, 4) is 5.75 Å². The van der Waals surface area contributed by atoms with Crippen molar-refractivity contribution >= 4 is 33.0 Å². The van der Waals surface area contributed by atoms with E-state index in [1.165, 1.54) is 5.56 Å². The van der Waals surface area contributed by atoms with E-state index < -0.39 is 10.0 Å². The predicted octanol–water partition coefficient (Wildman–Crippen LogP) is 4.36. The molecule has 0 fully saturated rings. The Balaban J connectivity index is 1.45. The zero-order chi connectivity index (χ0) is 21.1. The molecule has 1 atom stereocenters. The van der Waals surface area contributed by atoms with Gasteiger partial charge in [0.05, 0.1) is 13.2 Å². The summed E-state index contributed by atoms with van der Waals surface area (Å²) in [6, 6.07) is 15.6. The molecular formula is C22H22N2O4S2. The highest BCUT2D eigenvalue weighted by atomic mass is 32.2. The molecular weight excluding hydrogens is 420 g/mol. The number of anilines is 1. The zero-order valence-corrected chi connectivity index (χ0v) is 18.1. The molecule has 0 bridgehead atoms. The summed E-state index contributed by atoms with van der Waals surface area (Å²) < 4.78 is 32.7. The summed E-state index contributed by atoms with van der Waals surface area (Å²) in [6.07, 6.45) is 2.84. The van der Waals surface area contributed by atoms with E-state index in [9.17, 15) is 13.2 Å². The maximum atomic E-state index is 12.8. The van der Waals surface area contributed by atoms with Gasteiger partial charge in [0, 0.05) is 11.3 Å². The van der Waals surface area contributed by atoms with Gasteiger partial charge < -0.3 is 10.1 Å². The lowest BCUT2D eigenvalue weighted by molar-refractivity contribution is 0.0933. The number of ether oxygens (including phenoxy) is 1. The molecule has 1 unspecified atom stereocenters. The normalized spacial score (nSPS) is 15.8. The van der Waals surface area contributed by atoms with Crippen LogP contribution in [0.1, 0.15) is 40.4 Å². The fraction of sp³-hybridized carbons (Fsp3) is 0.227. The second-order valence-electron chi connectivity index (χ2n) is 7.10. The summed E-state index contributed by atoms with van der Waals surface area (Å²) in [4.78, 5) is 12.8. The summed E-state index contributed by atoms with van der Waals surface area (Å²) >= 11 is 1.15. The van der Waals surface area contributed by atoms with Crippen LogP contribution in [0.25, 0.3) is 0 Å². The Morgan fingerprint density at radius 1 is 1.13 bits per heavy atom. The van der Waals surface area contributed by atoms with Crippen LogP contribution >= 0.6 is 11.3 Å². The Kier molecular flexibility index (Phi) is 5.78. The van der Waals surface area contributed by atoms with E-state index in [0.29, 0.717) is 11.3 Å². The number of sulfonamides is 1. The average molecular weight is 443 g/mol. The molecule has 6 nitrogen and oxygen atoms in total. The lowest BCUT2D eigenvalue weighted by Gasteiger charge is -2.27. The van der Waals surface area contributed by atoms with E-state index in [2.05, 4.69) is 10.0 Å². The monoisotopic (exact) mass is 442 g/mol. The van der Waals surface area contributed by atoms with Crippen molar-refractivity contribution in [3.05, 3.63) is 76.7 Å². The largest absolute Gasteiger partial charge is 0.497 e. The molecule has 1 amide bonds. The van der Waals surface area contributed by atoms with E-state index in [1.807, 2.05) is 18.2 Å². The van der Waals surface area contributed by atoms with Crippen molar-refractivity contribution in [2.75, 3.05) is 11.8 Å². The molecule has 0 spiro atoms. The van der Waals surface area contributed by atoms with Gasteiger partial charge in [-0.2, -0.15) is 0 Å². The summed E-state index contributed by atoms with van der Waals surface area (Å²) in [5.41, 5.74) is 3.21. The number of carbonyl (C=O) groups is 1. The highest BCUT2D eigenvalue weighted by molar-refractivity contribution is 7.94. The van der Waals surface area contributed by atoms with E-state index in [1.54, 1.807) is 48.9 Å². The summed E-state index contributed by atoms with van der Waals surface area (Å²) in [6.45, 7) is 0. The Bertz CT molecular complexity index is 1140. The van der Waals surface area contributed by atoms with Crippen molar-refractivity contribution in [3.63, 3.8) is 0 Å². The topological polar surface area (TPSA) is 84.5 Å². The summed E-state index contributed by atoms with van der Waals surface area (Å²) in [5.74, 6) is 0.637. The first-order chi connectivity index (χ1) is 14.5. The van der Waals surface area contributed by atoms with E-state index in [4.69, 9.17) is 4.74 Å². The number of amides is 1. The maximum absolute atomic E-state index is 12.8. The lowest BCUT2D eigenvalue weighted by Crippen LogP contribution is -2.31. The number of aryl methyl sites for hydroxylation is 1. The number of hydrogen-bond acceptors (Lipinski definition) is 5. The fourth-order valence-electron chi connectivity index (χ4n) is 3.62. The molecule has 0 saturated carbocycles. The number of rotatable bonds is 6. The molecule has 1 aliphatic carbocycles. The number of thiophene rings is 1. The van der Waals surface area contributed by atoms with Crippen LogP contribution in [0.3, 0.4) is 0 Å². The molecule has 0 radical (unpaired) electrons. The minimum absolute atomic E-state index is 0.0517. The Morgan fingerprint density at radius 2 is 1.93 bits per heavy atom. The Morgan fingerprint density at radius 3 is 2.63 bits per heavy atom. The van der Waals surface area contributed by atoms with Gasteiger partial charge in [-0.05, 0) is 78.2 Å². The smallest absolute Gasteiger partial charge is 0.271 e. The minimum atomic E-state index is -3.61. The van der Waals surface area contributed by atoms with Gasteiger partial charge in [0.2, 0.25) is 0 Å². The van der Waals surface area contributed by atoms with Crippen LogP contribution in [0.5, 0.6) is 5.75 Å². The molecule has 3 aromatic rings. The highest BCUT2D eigenvalue weighted by Gasteiger charge is 2.23. The van der Waals surface area contributed by atoms with Gasteiger partial charge in [-0.1, -0.05) is 12.1 Å². The molecule has 2 aromatic carbocycles. The molecule has 30 heavy (non-hydrogen) atoms. The van der Waals surface area contributed by atoms with Gasteiger partial charge in [0.1, 0.15) is 9.96 Å². The second kappa shape index (κ2) is 8.49.